The van der Waals surface area contributed by atoms with Crippen LogP contribution in [0, 0.1) is 0 Å². The molecule has 1 aromatic heterocycles. The first kappa shape index (κ1) is 24.5. The fraction of sp³-hybridized carbons (Fsp3) is 0.423. The summed E-state index contributed by atoms with van der Waals surface area (Å²) in [5.41, 5.74) is 3.58. The Morgan fingerprint density at radius 3 is 2.48 bits per heavy atom. The number of imidazole rings is 1. The molecule has 0 aliphatic rings. The van der Waals surface area contributed by atoms with Crippen LogP contribution in [-0.2, 0) is 21.5 Å². The molecule has 0 spiro atoms. The molecule has 7 heteroatoms. The van der Waals surface area contributed by atoms with Gasteiger partial charge >= 0.3 is 0 Å². The van der Waals surface area contributed by atoms with Gasteiger partial charge in [-0.2, -0.15) is 0 Å². The van der Waals surface area contributed by atoms with Gasteiger partial charge in [0.2, 0.25) is 11.9 Å². The van der Waals surface area contributed by atoms with Crippen molar-refractivity contribution < 1.29 is 14.3 Å². The summed E-state index contributed by atoms with van der Waals surface area (Å²) in [6, 6.07) is 15.4. The monoisotopic (exact) mass is 450 g/mol. The lowest BCUT2D eigenvalue weighted by Crippen LogP contribution is -2.28. The van der Waals surface area contributed by atoms with Crippen LogP contribution in [0.5, 0.6) is 0 Å². The average molecular weight is 451 g/mol. The van der Waals surface area contributed by atoms with Gasteiger partial charge in [-0.05, 0) is 48.6 Å². The van der Waals surface area contributed by atoms with Crippen molar-refractivity contribution >= 4 is 28.8 Å². The number of carbonyl (C=O) groups is 2. The number of benzene rings is 2. The topological polar surface area (TPSA) is 85.2 Å². The molecular formula is C26H34N4O3. The highest BCUT2D eigenvalue weighted by molar-refractivity contribution is 5.95. The van der Waals surface area contributed by atoms with Crippen molar-refractivity contribution in [3.63, 3.8) is 0 Å². The number of amides is 2. The van der Waals surface area contributed by atoms with Gasteiger partial charge in [-0.15, -0.1) is 0 Å². The van der Waals surface area contributed by atoms with E-state index in [4.69, 9.17) is 4.74 Å². The molecule has 1 heterocycles. The van der Waals surface area contributed by atoms with Gasteiger partial charge in [0.25, 0.3) is 5.91 Å². The molecule has 2 N–H and O–H groups in total. The number of para-hydroxylation sites is 2. The number of hydrogen-bond acceptors (Lipinski definition) is 4. The molecule has 0 fully saturated rings. The normalized spacial score (nSPS) is 11.5. The summed E-state index contributed by atoms with van der Waals surface area (Å²) in [7, 11) is 0. The number of carbonyl (C=O) groups excluding carboxylic acids is 2. The van der Waals surface area contributed by atoms with E-state index in [2.05, 4.69) is 36.4 Å². The molecule has 0 aliphatic carbocycles. The third kappa shape index (κ3) is 6.65. The van der Waals surface area contributed by atoms with Gasteiger partial charge in [-0.1, -0.05) is 45.0 Å². The summed E-state index contributed by atoms with van der Waals surface area (Å²) in [5.74, 6) is 0.132. The van der Waals surface area contributed by atoms with Gasteiger partial charge in [-0.25, -0.2) is 4.98 Å². The number of nitrogens with zero attached hydrogens (tertiary/aromatic N) is 2. The lowest BCUT2D eigenvalue weighted by atomic mass is 9.87. The number of rotatable bonds is 10. The molecular weight excluding hydrogens is 416 g/mol. The summed E-state index contributed by atoms with van der Waals surface area (Å²) in [4.78, 5) is 29.5. The maximum Gasteiger partial charge on any atom is 0.251 e. The molecule has 0 radical (unpaired) electrons. The van der Waals surface area contributed by atoms with Crippen LogP contribution in [0.25, 0.3) is 11.0 Å². The van der Waals surface area contributed by atoms with Crippen molar-refractivity contribution in [2.24, 2.45) is 0 Å². The predicted molar refractivity (Wildman–Crippen MR) is 132 cm³/mol. The van der Waals surface area contributed by atoms with E-state index in [0.29, 0.717) is 31.3 Å². The maximum atomic E-state index is 12.6. The lowest BCUT2D eigenvalue weighted by Gasteiger charge is -2.19. The number of anilines is 1. The maximum absolute atomic E-state index is 12.6. The summed E-state index contributed by atoms with van der Waals surface area (Å²) >= 11 is 0. The second-order valence-electron chi connectivity index (χ2n) is 9.01. The minimum Gasteiger partial charge on any atom is -0.382 e. The number of ether oxygens (including phenoxy) is 1. The molecule has 7 nitrogen and oxygen atoms in total. The zero-order valence-electron chi connectivity index (χ0n) is 20.0. The minimum atomic E-state index is -0.195. The zero-order chi connectivity index (χ0) is 23.8. The number of aromatic nitrogens is 2. The van der Waals surface area contributed by atoms with Crippen LogP contribution >= 0.6 is 0 Å². The Labute approximate surface area is 195 Å². The first-order valence-corrected chi connectivity index (χ1v) is 11.5. The molecule has 0 unspecified atom stereocenters. The van der Waals surface area contributed by atoms with E-state index >= 15 is 0 Å². The van der Waals surface area contributed by atoms with Crippen LogP contribution in [0.15, 0.2) is 48.5 Å². The molecule has 33 heavy (non-hydrogen) atoms. The van der Waals surface area contributed by atoms with E-state index in [9.17, 15) is 9.59 Å². The van der Waals surface area contributed by atoms with E-state index in [1.165, 1.54) is 5.56 Å². The van der Waals surface area contributed by atoms with Crippen LogP contribution in [0.2, 0.25) is 0 Å². The van der Waals surface area contributed by atoms with Crippen molar-refractivity contribution in [2.45, 2.75) is 52.5 Å². The quantitative estimate of drug-likeness (QED) is 0.445. The number of nitrogens with one attached hydrogen (secondary N) is 2. The van der Waals surface area contributed by atoms with Crippen molar-refractivity contribution in [3.05, 3.63) is 59.7 Å². The van der Waals surface area contributed by atoms with E-state index in [0.717, 1.165) is 17.5 Å². The molecule has 0 saturated heterocycles. The highest BCUT2D eigenvalue weighted by Crippen LogP contribution is 2.22. The Bertz CT molecular complexity index is 1080. The molecule has 2 aromatic carbocycles. The molecule has 0 atom stereocenters. The molecule has 0 aliphatic heterocycles. The van der Waals surface area contributed by atoms with Crippen molar-refractivity contribution in [3.8, 4) is 0 Å². The molecule has 0 saturated carbocycles. The third-order valence-corrected chi connectivity index (χ3v) is 5.43. The van der Waals surface area contributed by atoms with E-state index < -0.39 is 0 Å². The summed E-state index contributed by atoms with van der Waals surface area (Å²) in [5, 5.41) is 5.72. The Balaban J connectivity index is 1.55. The second-order valence-corrected chi connectivity index (χ2v) is 9.01. The highest BCUT2D eigenvalue weighted by Gasteiger charge is 2.15. The van der Waals surface area contributed by atoms with Crippen LogP contribution in [-0.4, -0.2) is 41.1 Å². The SMILES string of the molecule is CCOCCCn1c(NC(=O)CCNC(=O)c2ccc(C(C)(C)C)cc2)nc2ccccc21. The fourth-order valence-electron chi connectivity index (χ4n) is 3.57. The zero-order valence-corrected chi connectivity index (χ0v) is 20.0. The number of fused-ring (bicyclic) bond motifs is 1. The first-order chi connectivity index (χ1) is 15.8. The average Bonchev–Trinajstić information content (AvgIpc) is 3.13. The second kappa shape index (κ2) is 11.1. The van der Waals surface area contributed by atoms with E-state index in [1.54, 1.807) is 0 Å². The van der Waals surface area contributed by atoms with Crippen molar-refractivity contribution in [1.82, 2.24) is 14.9 Å². The first-order valence-electron chi connectivity index (χ1n) is 11.5. The van der Waals surface area contributed by atoms with Gasteiger partial charge in [0.05, 0.1) is 11.0 Å². The van der Waals surface area contributed by atoms with Crippen LogP contribution in [0.1, 0.15) is 56.5 Å². The van der Waals surface area contributed by atoms with Gasteiger partial charge in [0, 0.05) is 38.3 Å². The minimum absolute atomic E-state index is 0.0343. The van der Waals surface area contributed by atoms with Gasteiger partial charge in [-0.3, -0.25) is 14.9 Å². The molecule has 3 rings (SSSR count). The Morgan fingerprint density at radius 2 is 1.79 bits per heavy atom. The summed E-state index contributed by atoms with van der Waals surface area (Å²) in [6.07, 6.45) is 0.981. The highest BCUT2D eigenvalue weighted by atomic mass is 16.5. The molecule has 2 amide bonds. The molecule has 3 aromatic rings. The van der Waals surface area contributed by atoms with Gasteiger partial charge < -0.3 is 14.6 Å². The summed E-state index contributed by atoms with van der Waals surface area (Å²) < 4.78 is 7.44. The van der Waals surface area contributed by atoms with Crippen molar-refractivity contribution in [2.75, 3.05) is 25.1 Å². The predicted octanol–water partition coefficient (Wildman–Crippen LogP) is 4.52. The molecule has 0 bridgehead atoms. The standard InChI is InChI=1S/C26H34N4O3/c1-5-33-18-8-17-30-22-10-7-6-9-21(22)28-25(30)29-23(31)15-16-27-24(32)19-11-13-20(14-12-19)26(2,3)4/h6-7,9-14H,5,8,15-18H2,1-4H3,(H,27,32)(H,28,29,31). The Morgan fingerprint density at radius 1 is 1.06 bits per heavy atom. The van der Waals surface area contributed by atoms with E-state index in [1.807, 2.05) is 60.0 Å². The fourth-order valence-corrected chi connectivity index (χ4v) is 3.57. The Hall–Kier alpha value is -3.19. The third-order valence-electron chi connectivity index (χ3n) is 5.43. The van der Waals surface area contributed by atoms with Crippen LogP contribution in [0.3, 0.4) is 0 Å². The smallest absolute Gasteiger partial charge is 0.251 e. The van der Waals surface area contributed by atoms with Crippen LogP contribution in [0.4, 0.5) is 5.95 Å². The lowest BCUT2D eigenvalue weighted by molar-refractivity contribution is -0.116. The van der Waals surface area contributed by atoms with Crippen LogP contribution < -0.4 is 10.6 Å². The Kier molecular flexibility index (Phi) is 8.22. The number of hydrogen-bond donors (Lipinski definition) is 2. The molecule has 176 valence electrons. The van der Waals surface area contributed by atoms with E-state index in [-0.39, 0.29) is 30.2 Å². The van der Waals surface area contributed by atoms with Gasteiger partial charge in [0.15, 0.2) is 0 Å². The number of aryl methyl sites for hydroxylation is 1. The van der Waals surface area contributed by atoms with Crippen molar-refractivity contribution in [1.29, 1.82) is 0 Å². The summed E-state index contributed by atoms with van der Waals surface area (Å²) in [6.45, 7) is 10.6. The largest absolute Gasteiger partial charge is 0.382 e. The van der Waals surface area contributed by atoms with Gasteiger partial charge in [0.1, 0.15) is 0 Å².